The normalized spacial score (nSPS) is 16.0. The van der Waals surface area contributed by atoms with Crippen molar-refractivity contribution in [1.82, 2.24) is 30.4 Å². The van der Waals surface area contributed by atoms with E-state index < -0.39 is 81.7 Å². The Morgan fingerprint density at radius 3 is 2.26 bits per heavy atom. The van der Waals surface area contributed by atoms with Crippen molar-refractivity contribution in [2.45, 2.75) is 91.4 Å². The SMILES string of the molecule is CCO[C@H]1CC[C@H](N/C=C(/NC(=O)c2csc(-c3cnn(COP(=O)(OCOC(=O)OC(C)C)OCOC(=O)OC(C)C)c3)n2)C(=N)c2nc(F)ccc2F)CC1. The minimum absolute atomic E-state index is 0.0196. The van der Waals surface area contributed by atoms with Crippen LogP contribution in [0, 0.1) is 17.2 Å². The van der Waals surface area contributed by atoms with Crippen LogP contribution in [0.4, 0.5) is 18.4 Å². The van der Waals surface area contributed by atoms with E-state index in [1.54, 1.807) is 27.7 Å². The van der Waals surface area contributed by atoms with Crippen molar-refractivity contribution < 1.29 is 65.0 Å². The number of allylic oxidation sites excluding steroid dienone is 1. The van der Waals surface area contributed by atoms with Crippen LogP contribution in [0.5, 0.6) is 0 Å². The number of phosphoric acid groups is 1. The van der Waals surface area contributed by atoms with Crippen LogP contribution in [0.3, 0.4) is 0 Å². The molecule has 0 unspecified atom stereocenters. The van der Waals surface area contributed by atoms with E-state index in [0.717, 1.165) is 49.2 Å². The minimum atomic E-state index is -4.58. The van der Waals surface area contributed by atoms with Crippen LogP contribution in [0.15, 0.2) is 41.8 Å². The molecule has 0 atom stereocenters. The maximum Gasteiger partial charge on any atom is 0.510 e. The lowest BCUT2D eigenvalue weighted by atomic mass is 9.93. The summed E-state index contributed by atoms with van der Waals surface area (Å²) >= 11 is 1.07. The van der Waals surface area contributed by atoms with Gasteiger partial charge < -0.3 is 34.3 Å². The van der Waals surface area contributed by atoms with Crippen molar-refractivity contribution in [3.63, 3.8) is 0 Å². The second-order valence-corrected chi connectivity index (χ2v) is 15.1. The summed E-state index contributed by atoms with van der Waals surface area (Å²) in [7, 11) is -4.58. The molecule has 1 fully saturated rings. The van der Waals surface area contributed by atoms with E-state index in [9.17, 15) is 27.7 Å². The first-order chi connectivity index (χ1) is 27.1. The van der Waals surface area contributed by atoms with E-state index >= 15 is 0 Å². The smallest absolute Gasteiger partial charge is 0.432 e. The van der Waals surface area contributed by atoms with Crippen molar-refractivity contribution in [2.24, 2.45) is 0 Å². The van der Waals surface area contributed by atoms with Crippen LogP contribution in [0.2, 0.25) is 0 Å². The van der Waals surface area contributed by atoms with Gasteiger partial charge in [0.05, 0.1) is 30.2 Å². The van der Waals surface area contributed by atoms with Gasteiger partial charge in [-0.2, -0.15) is 9.49 Å². The van der Waals surface area contributed by atoms with Crippen molar-refractivity contribution >= 4 is 43.1 Å². The number of aromatic nitrogens is 4. The van der Waals surface area contributed by atoms with Gasteiger partial charge in [0.1, 0.15) is 22.1 Å². The van der Waals surface area contributed by atoms with E-state index in [1.165, 1.54) is 28.7 Å². The predicted octanol–water partition coefficient (Wildman–Crippen LogP) is 6.41. The number of rotatable bonds is 20. The Balaban J connectivity index is 1.42. The van der Waals surface area contributed by atoms with Crippen molar-refractivity contribution in [1.29, 1.82) is 5.41 Å². The average molecular weight is 844 g/mol. The monoisotopic (exact) mass is 843 g/mol. The highest BCUT2D eigenvalue weighted by Crippen LogP contribution is 2.49. The first kappa shape index (κ1) is 44.8. The number of hydrogen-bond donors (Lipinski definition) is 3. The summed E-state index contributed by atoms with van der Waals surface area (Å²) in [6.45, 7) is 6.50. The molecule has 1 aliphatic rings. The number of halogens is 2. The Bertz CT molecular complexity index is 1890. The number of carbonyl (C=O) groups is 3. The molecule has 57 heavy (non-hydrogen) atoms. The predicted molar refractivity (Wildman–Crippen MR) is 197 cm³/mol. The fourth-order valence-electron chi connectivity index (χ4n) is 4.94. The second kappa shape index (κ2) is 21.6. The lowest BCUT2D eigenvalue weighted by molar-refractivity contribution is -0.0493. The molecule has 4 rings (SSSR count). The number of phosphoric ester groups is 1. The van der Waals surface area contributed by atoms with Gasteiger partial charge in [-0.25, -0.2) is 42.2 Å². The minimum Gasteiger partial charge on any atom is -0.432 e. The molecule has 3 N–H and O–H groups in total. The Morgan fingerprint density at radius 1 is 1.00 bits per heavy atom. The van der Waals surface area contributed by atoms with E-state index in [4.69, 9.17) is 42.7 Å². The number of hydrogen-bond acceptors (Lipinski definition) is 18. The maximum atomic E-state index is 14.7. The maximum absolute atomic E-state index is 14.7. The van der Waals surface area contributed by atoms with Crippen LogP contribution in [-0.4, -0.2) is 88.2 Å². The first-order valence-electron chi connectivity index (χ1n) is 17.6. The molecule has 1 aliphatic carbocycles. The highest BCUT2D eigenvalue weighted by molar-refractivity contribution is 7.48. The third-order valence-corrected chi connectivity index (χ3v) is 9.68. The molecule has 0 aromatic carbocycles. The molecule has 23 heteroatoms. The van der Waals surface area contributed by atoms with Gasteiger partial charge >= 0.3 is 20.1 Å². The van der Waals surface area contributed by atoms with Gasteiger partial charge in [0.2, 0.25) is 19.5 Å². The zero-order chi connectivity index (χ0) is 41.5. The number of nitrogens with one attached hydrogen (secondary N) is 3. The summed E-state index contributed by atoms with van der Waals surface area (Å²) < 4.78 is 83.2. The molecule has 312 valence electrons. The first-order valence-corrected chi connectivity index (χ1v) is 20.0. The van der Waals surface area contributed by atoms with Gasteiger partial charge in [-0.05, 0) is 72.4 Å². The Labute approximate surface area is 330 Å². The summed E-state index contributed by atoms with van der Waals surface area (Å²) in [6, 6.07) is 1.64. The molecule has 3 heterocycles. The number of thiazole rings is 1. The Kier molecular flexibility index (Phi) is 17.0. The van der Waals surface area contributed by atoms with Gasteiger partial charge in [-0.1, -0.05) is 0 Å². The number of amides is 1. The zero-order valence-corrected chi connectivity index (χ0v) is 33.4. The van der Waals surface area contributed by atoms with E-state index in [0.29, 0.717) is 17.2 Å². The molecule has 0 aliphatic heterocycles. The third kappa shape index (κ3) is 14.5. The quantitative estimate of drug-likeness (QED) is 0.0366. The summed E-state index contributed by atoms with van der Waals surface area (Å²) in [4.78, 5) is 44.7. The molecule has 0 spiro atoms. The summed E-state index contributed by atoms with van der Waals surface area (Å²) in [5.41, 5.74) is -0.998. The van der Waals surface area contributed by atoms with Crippen molar-refractivity contribution in [3.05, 3.63) is 65.0 Å². The van der Waals surface area contributed by atoms with Crippen LogP contribution in [-0.2, 0) is 48.6 Å². The second-order valence-electron chi connectivity index (χ2n) is 12.6. The molecule has 0 saturated heterocycles. The van der Waals surface area contributed by atoms with Crippen molar-refractivity contribution in [3.8, 4) is 10.6 Å². The standard InChI is InChI=1S/C34H44F2N7O12PS/c1-6-48-24-9-7-23(8-10-24)38-14-26(29(37)30-25(35)11-12-28(36)42-30)40-31(44)27-16-57-32(41-27)22-13-39-43(15-22)17-51-56(47,52-18-49-33(45)54-20(2)3)53-19-50-34(46)55-21(4)5/h11-16,20-21,23-24,37-38H,6-10,17-19H2,1-5H3,(H,40,44)/b26-14+,37-29?/t23-,24-. The summed E-state index contributed by atoms with van der Waals surface area (Å²) in [5, 5.41) is 20.3. The number of nitrogens with zero attached hydrogens (tertiary/aromatic N) is 4. The van der Waals surface area contributed by atoms with Gasteiger partial charge in [-0.15, -0.1) is 11.3 Å². The fourth-order valence-corrected chi connectivity index (χ4v) is 6.56. The van der Waals surface area contributed by atoms with Crippen LogP contribution in [0.25, 0.3) is 10.6 Å². The van der Waals surface area contributed by atoms with Crippen LogP contribution in [0.1, 0.15) is 76.5 Å². The molecule has 0 bridgehead atoms. The Morgan fingerprint density at radius 2 is 1.65 bits per heavy atom. The molecular formula is C34H44F2N7O12PS. The van der Waals surface area contributed by atoms with Crippen LogP contribution < -0.4 is 10.6 Å². The lowest BCUT2D eigenvalue weighted by Crippen LogP contribution is -2.35. The van der Waals surface area contributed by atoms with Gasteiger partial charge in [-0.3, -0.25) is 14.7 Å². The van der Waals surface area contributed by atoms with Crippen molar-refractivity contribution in [2.75, 3.05) is 20.2 Å². The zero-order valence-electron chi connectivity index (χ0n) is 31.7. The number of ether oxygens (including phenoxy) is 5. The molecule has 3 aromatic rings. The molecule has 0 radical (unpaired) electrons. The largest absolute Gasteiger partial charge is 0.510 e. The average Bonchev–Trinajstić information content (AvgIpc) is 3.84. The molecule has 1 amide bonds. The molecule has 1 saturated carbocycles. The van der Waals surface area contributed by atoms with Crippen LogP contribution >= 0.6 is 19.2 Å². The topological polar surface area (TPSA) is 234 Å². The highest BCUT2D eigenvalue weighted by Gasteiger charge is 2.30. The third-order valence-electron chi connectivity index (χ3n) is 7.51. The van der Waals surface area contributed by atoms with E-state index in [1.807, 2.05) is 6.92 Å². The number of pyridine rings is 1. The van der Waals surface area contributed by atoms with Gasteiger partial charge in [0.25, 0.3) is 5.91 Å². The fraction of sp³-hybridized carbons (Fsp3) is 0.500. The molecular weight excluding hydrogens is 799 g/mol. The highest BCUT2D eigenvalue weighted by atomic mass is 32.1. The lowest BCUT2D eigenvalue weighted by Gasteiger charge is -2.28. The van der Waals surface area contributed by atoms with E-state index in [-0.39, 0.29) is 23.5 Å². The van der Waals surface area contributed by atoms with E-state index in [2.05, 4.69) is 25.7 Å². The number of carbonyl (C=O) groups excluding carboxylic acids is 3. The van der Waals surface area contributed by atoms with Gasteiger partial charge in [0.15, 0.2) is 12.5 Å². The molecule has 19 nitrogen and oxygen atoms in total. The van der Waals surface area contributed by atoms with Gasteiger partial charge in [0, 0.05) is 36.0 Å². The summed E-state index contributed by atoms with van der Waals surface area (Å²) in [5.74, 6) is -2.71. The summed E-state index contributed by atoms with van der Waals surface area (Å²) in [6.07, 6.45) is 4.20. The Hall–Kier alpha value is -4.86. The molecule has 3 aromatic heterocycles.